The minimum absolute atomic E-state index is 0.150. The summed E-state index contributed by atoms with van der Waals surface area (Å²) in [4.78, 5) is 0. The van der Waals surface area contributed by atoms with Gasteiger partial charge in [-0.05, 0) is 31.0 Å². The van der Waals surface area contributed by atoms with Crippen LogP contribution in [-0.2, 0) is 18.0 Å². The van der Waals surface area contributed by atoms with E-state index >= 15 is 0 Å². The van der Waals surface area contributed by atoms with Gasteiger partial charge in [0.1, 0.15) is 5.15 Å². The second-order valence-electron chi connectivity index (χ2n) is 4.51. The number of aliphatic hydroxyl groups excluding tert-OH is 1. The van der Waals surface area contributed by atoms with E-state index in [1.165, 1.54) is 0 Å². The summed E-state index contributed by atoms with van der Waals surface area (Å²) in [6, 6.07) is 6.09. The Morgan fingerprint density at radius 1 is 1.37 bits per heavy atom. The van der Waals surface area contributed by atoms with Crippen molar-refractivity contribution in [1.29, 1.82) is 0 Å². The molecule has 19 heavy (non-hydrogen) atoms. The van der Waals surface area contributed by atoms with Crippen LogP contribution in [0, 0.1) is 13.8 Å². The highest BCUT2D eigenvalue weighted by Gasteiger charge is 2.17. The fraction of sp³-hybridized carbons (Fsp3) is 0.357. The Morgan fingerprint density at radius 3 is 2.74 bits per heavy atom. The lowest BCUT2D eigenvalue weighted by atomic mass is 10.1. The number of aliphatic hydroxyl groups is 1. The minimum atomic E-state index is -0.150. The topological polar surface area (TPSA) is 47.3 Å². The van der Waals surface area contributed by atoms with Gasteiger partial charge in [0.05, 0.1) is 24.6 Å². The molecule has 0 aliphatic rings. The second-order valence-corrected chi connectivity index (χ2v) is 4.87. The number of aryl methyl sites for hydroxylation is 2. The van der Waals surface area contributed by atoms with E-state index in [4.69, 9.17) is 16.3 Å². The molecule has 1 N–H and O–H groups in total. The van der Waals surface area contributed by atoms with Crippen molar-refractivity contribution in [2.75, 3.05) is 7.11 Å². The largest absolute Gasteiger partial charge is 0.391 e. The Morgan fingerprint density at radius 2 is 2.11 bits per heavy atom. The molecule has 102 valence electrons. The van der Waals surface area contributed by atoms with Gasteiger partial charge < -0.3 is 9.84 Å². The highest BCUT2D eigenvalue weighted by Crippen LogP contribution is 2.26. The number of rotatable bonds is 4. The summed E-state index contributed by atoms with van der Waals surface area (Å²) >= 11 is 6.31. The van der Waals surface area contributed by atoms with Crippen LogP contribution in [0.2, 0.25) is 5.15 Å². The van der Waals surface area contributed by atoms with E-state index in [1.807, 2.05) is 32.0 Å². The third-order valence-electron chi connectivity index (χ3n) is 3.04. The molecule has 0 radical (unpaired) electrons. The van der Waals surface area contributed by atoms with Crippen LogP contribution in [0.4, 0.5) is 0 Å². The number of aromatic nitrogens is 2. The Bertz CT molecular complexity index is 593. The van der Waals surface area contributed by atoms with Gasteiger partial charge in [-0.25, -0.2) is 4.68 Å². The number of halogens is 1. The molecule has 1 aromatic heterocycles. The van der Waals surface area contributed by atoms with Gasteiger partial charge in [0, 0.05) is 12.7 Å². The molecule has 5 heteroatoms. The normalized spacial score (nSPS) is 11.0. The zero-order chi connectivity index (χ0) is 14.0. The summed E-state index contributed by atoms with van der Waals surface area (Å²) in [6.45, 7) is 4.20. The van der Waals surface area contributed by atoms with Crippen LogP contribution in [0.5, 0.6) is 0 Å². The summed E-state index contributed by atoms with van der Waals surface area (Å²) < 4.78 is 6.74. The van der Waals surface area contributed by atoms with Crippen LogP contribution in [0.25, 0.3) is 5.69 Å². The summed E-state index contributed by atoms with van der Waals surface area (Å²) in [6.07, 6.45) is 0. The maximum Gasteiger partial charge on any atom is 0.138 e. The predicted molar refractivity (Wildman–Crippen MR) is 74.7 cm³/mol. The van der Waals surface area contributed by atoms with E-state index in [0.717, 1.165) is 16.8 Å². The van der Waals surface area contributed by atoms with Crippen molar-refractivity contribution in [1.82, 2.24) is 9.78 Å². The third kappa shape index (κ3) is 2.66. The van der Waals surface area contributed by atoms with Crippen molar-refractivity contribution in [3.8, 4) is 5.69 Å². The van der Waals surface area contributed by atoms with Crippen molar-refractivity contribution in [3.63, 3.8) is 0 Å². The maximum absolute atomic E-state index is 9.42. The lowest BCUT2D eigenvalue weighted by molar-refractivity contribution is 0.178. The molecule has 0 saturated carbocycles. The van der Waals surface area contributed by atoms with Crippen LogP contribution in [0.15, 0.2) is 18.2 Å². The summed E-state index contributed by atoms with van der Waals surface area (Å²) in [5.74, 6) is 0. The third-order valence-corrected chi connectivity index (χ3v) is 3.42. The number of hydrogen-bond donors (Lipinski definition) is 1. The fourth-order valence-electron chi connectivity index (χ4n) is 1.99. The summed E-state index contributed by atoms with van der Waals surface area (Å²) in [5, 5.41) is 14.3. The summed E-state index contributed by atoms with van der Waals surface area (Å²) in [5.41, 5.74) is 4.40. The lowest BCUT2D eigenvalue weighted by Gasteiger charge is -2.08. The van der Waals surface area contributed by atoms with Crippen LogP contribution >= 0.6 is 11.6 Å². The van der Waals surface area contributed by atoms with Crippen LogP contribution < -0.4 is 0 Å². The molecule has 0 fully saturated rings. The molecular formula is C14H17ClN2O2. The molecule has 0 saturated heterocycles. The molecule has 0 aliphatic carbocycles. The smallest absolute Gasteiger partial charge is 0.138 e. The van der Waals surface area contributed by atoms with Crippen molar-refractivity contribution in [2.24, 2.45) is 0 Å². The molecule has 0 spiro atoms. The standard InChI is InChI=1S/C14H17ClN2O2/c1-9-4-5-10(2)13(6-9)17-14(15)11(7-18)12(16-17)8-19-3/h4-6,18H,7-8H2,1-3H3. The van der Waals surface area contributed by atoms with Gasteiger partial charge in [-0.1, -0.05) is 23.7 Å². The number of nitrogens with zero attached hydrogens (tertiary/aromatic N) is 2. The molecule has 0 unspecified atom stereocenters. The number of methoxy groups -OCH3 is 1. The first-order valence-electron chi connectivity index (χ1n) is 6.02. The highest BCUT2D eigenvalue weighted by molar-refractivity contribution is 6.30. The average molecular weight is 281 g/mol. The van der Waals surface area contributed by atoms with Crippen molar-refractivity contribution < 1.29 is 9.84 Å². The molecular weight excluding hydrogens is 264 g/mol. The zero-order valence-corrected chi connectivity index (χ0v) is 12.0. The molecule has 0 amide bonds. The van der Waals surface area contributed by atoms with E-state index in [2.05, 4.69) is 5.10 Å². The summed E-state index contributed by atoms with van der Waals surface area (Å²) in [7, 11) is 1.59. The quantitative estimate of drug-likeness (QED) is 0.937. The number of ether oxygens (including phenoxy) is 1. The molecule has 0 atom stereocenters. The molecule has 1 heterocycles. The van der Waals surface area contributed by atoms with Gasteiger partial charge in [-0.2, -0.15) is 5.10 Å². The van der Waals surface area contributed by atoms with Gasteiger partial charge in [-0.3, -0.25) is 0 Å². The molecule has 2 aromatic rings. The number of benzene rings is 1. The van der Waals surface area contributed by atoms with E-state index in [9.17, 15) is 5.11 Å². The van der Waals surface area contributed by atoms with Crippen molar-refractivity contribution in [2.45, 2.75) is 27.1 Å². The van der Waals surface area contributed by atoms with Gasteiger partial charge in [0.25, 0.3) is 0 Å². The molecule has 4 nitrogen and oxygen atoms in total. The fourth-order valence-corrected chi connectivity index (χ4v) is 2.29. The van der Waals surface area contributed by atoms with Crippen molar-refractivity contribution in [3.05, 3.63) is 45.7 Å². The predicted octanol–water partition coefficient (Wildman–Crippen LogP) is 2.78. The second kappa shape index (κ2) is 5.74. The van der Waals surface area contributed by atoms with Gasteiger partial charge >= 0.3 is 0 Å². The average Bonchev–Trinajstić information content (AvgIpc) is 2.69. The Kier molecular flexibility index (Phi) is 4.24. The highest BCUT2D eigenvalue weighted by atomic mass is 35.5. The molecule has 2 rings (SSSR count). The first-order valence-corrected chi connectivity index (χ1v) is 6.40. The molecule has 1 aromatic carbocycles. The van der Waals surface area contributed by atoms with Crippen LogP contribution in [0.3, 0.4) is 0 Å². The first-order chi connectivity index (χ1) is 9.08. The number of hydrogen-bond acceptors (Lipinski definition) is 3. The zero-order valence-electron chi connectivity index (χ0n) is 11.3. The minimum Gasteiger partial charge on any atom is -0.391 e. The lowest BCUT2D eigenvalue weighted by Crippen LogP contribution is -2.01. The first kappa shape index (κ1) is 14.1. The van der Waals surface area contributed by atoms with Gasteiger partial charge in [0.2, 0.25) is 0 Å². The van der Waals surface area contributed by atoms with Crippen molar-refractivity contribution >= 4 is 11.6 Å². The Hall–Kier alpha value is -1.36. The van der Waals surface area contributed by atoms with E-state index in [0.29, 0.717) is 23.0 Å². The molecule has 0 aliphatic heterocycles. The molecule has 0 bridgehead atoms. The van der Waals surface area contributed by atoms with Gasteiger partial charge in [0.15, 0.2) is 0 Å². The maximum atomic E-state index is 9.42. The van der Waals surface area contributed by atoms with E-state index < -0.39 is 0 Å². The van der Waals surface area contributed by atoms with Gasteiger partial charge in [-0.15, -0.1) is 0 Å². The Balaban J connectivity index is 2.59. The van der Waals surface area contributed by atoms with E-state index in [-0.39, 0.29) is 6.61 Å². The Labute approximate surface area is 117 Å². The SMILES string of the molecule is COCc1nn(-c2cc(C)ccc2C)c(Cl)c1CO. The van der Waals surface area contributed by atoms with E-state index in [1.54, 1.807) is 11.8 Å². The monoisotopic (exact) mass is 280 g/mol. The van der Waals surface area contributed by atoms with Crippen LogP contribution in [0.1, 0.15) is 22.4 Å². The van der Waals surface area contributed by atoms with Crippen LogP contribution in [-0.4, -0.2) is 22.0 Å².